The van der Waals surface area contributed by atoms with E-state index in [1.54, 1.807) is 12.4 Å². The summed E-state index contributed by atoms with van der Waals surface area (Å²) in [5.41, 5.74) is 0.883. The number of nitro benzene ring substituents is 1. The molecule has 0 amide bonds. The van der Waals surface area contributed by atoms with Crippen molar-refractivity contribution in [1.29, 1.82) is 0 Å². The van der Waals surface area contributed by atoms with Crippen LogP contribution in [0, 0.1) is 16.0 Å². The zero-order chi connectivity index (χ0) is 18.6. The van der Waals surface area contributed by atoms with Crippen molar-refractivity contribution in [2.24, 2.45) is 5.92 Å². The smallest absolute Gasteiger partial charge is 0.270 e. The molecule has 1 aromatic carbocycles. The Morgan fingerprint density at radius 2 is 1.88 bits per heavy atom. The summed E-state index contributed by atoms with van der Waals surface area (Å²) in [5, 5.41) is 10.8. The number of benzene rings is 1. The standard InChI is InChI=1S/C17H20N4O4S/c22-21(23)16-2-1-3-17(12-16)26(24,25)19-13-14-6-10-20(11-7-14)15-4-8-18-9-5-15/h1-5,8-9,12,14,19H,6-7,10-11,13H2. The van der Waals surface area contributed by atoms with Crippen molar-refractivity contribution >= 4 is 21.4 Å². The largest absolute Gasteiger partial charge is 0.371 e. The van der Waals surface area contributed by atoms with E-state index in [-0.39, 0.29) is 16.5 Å². The average molecular weight is 376 g/mol. The second-order valence-corrected chi connectivity index (χ2v) is 8.01. The summed E-state index contributed by atoms with van der Waals surface area (Å²) in [6, 6.07) is 9.01. The van der Waals surface area contributed by atoms with Gasteiger partial charge in [-0.3, -0.25) is 15.1 Å². The number of aromatic nitrogens is 1. The first kappa shape index (κ1) is 18.3. The van der Waals surface area contributed by atoms with Gasteiger partial charge in [-0.25, -0.2) is 13.1 Å². The van der Waals surface area contributed by atoms with E-state index in [1.807, 2.05) is 12.1 Å². The van der Waals surface area contributed by atoms with Crippen molar-refractivity contribution in [3.05, 3.63) is 58.9 Å². The Labute approximate surface area is 152 Å². The summed E-state index contributed by atoms with van der Waals surface area (Å²) in [5.74, 6) is 0.238. The van der Waals surface area contributed by atoms with Crippen LogP contribution in [0.5, 0.6) is 0 Å². The minimum absolute atomic E-state index is 0.0825. The van der Waals surface area contributed by atoms with Crippen LogP contribution in [0.25, 0.3) is 0 Å². The van der Waals surface area contributed by atoms with E-state index in [2.05, 4.69) is 14.6 Å². The molecular formula is C17H20N4O4S. The van der Waals surface area contributed by atoms with Crippen LogP contribution in [0.1, 0.15) is 12.8 Å². The Hall–Kier alpha value is -2.52. The molecule has 0 saturated carbocycles. The Balaban J connectivity index is 1.56. The van der Waals surface area contributed by atoms with Crippen molar-refractivity contribution < 1.29 is 13.3 Å². The highest BCUT2D eigenvalue weighted by Crippen LogP contribution is 2.23. The first-order chi connectivity index (χ1) is 12.5. The fraction of sp³-hybridized carbons (Fsp3) is 0.353. The molecule has 0 spiro atoms. The lowest BCUT2D eigenvalue weighted by molar-refractivity contribution is -0.385. The lowest BCUT2D eigenvalue weighted by Crippen LogP contribution is -2.38. The van der Waals surface area contributed by atoms with E-state index in [0.29, 0.717) is 6.54 Å². The number of hydrogen-bond donors (Lipinski definition) is 1. The number of rotatable bonds is 6. The second-order valence-electron chi connectivity index (χ2n) is 6.24. The Kier molecular flexibility index (Phi) is 5.48. The van der Waals surface area contributed by atoms with Gasteiger partial charge in [0.15, 0.2) is 0 Å². The topological polar surface area (TPSA) is 105 Å². The number of anilines is 1. The number of hydrogen-bond acceptors (Lipinski definition) is 6. The van der Waals surface area contributed by atoms with Gasteiger partial charge in [-0.15, -0.1) is 0 Å². The molecule has 1 aliphatic heterocycles. The molecule has 0 atom stereocenters. The minimum atomic E-state index is -3.76. The first-order valence-electron chi connectivity index (χ1n) is 8.35. The minimum Gasteiger partial charge on any atom is -0.371 e. The van der Waals surface area contributed by atoms with Gasteiger partial charge in [0.1, 0.15) is 0 Å². The molecule has 0 unspecified atom stereocenters. The Morgan fingerprint density at radius 1 is 1.19 bits per heavy atom. The van der Waals surface area contributed by atoms with Crippen LogP contribution in [0.15, 0.2) is 53.7 Å². The zero-order valence-corrected chi connectivity index (χ0v) is 14.9. The molecule has 2 aromatic rings. The molecular weight excluding hydrogens is 356 g/mol. The van der Waals surface area contributed by atoms with Crippen LogP contribution >= 0.6 is 0 Å². The fourth-order valence-corrected chi connectivity index (χ4v) is 4.18. The summed E-state index contributed by atoms with van der Waals surface area (Å²) in [4.78, 5) is 16.4. The van der Waals surface area contributed by atoms with E-state index in [9.17, 15) is 18.5 Å². The Bertz CT molecular complexity index is 865. The number of sulfonamides is 1. The van der Waals surface area contributed by atoms with Crippen LogP contribution < -0.4 is 9.62 Å². The molecule has 1 N–H and O–H groups in total. The summed E-state index contributed by atoms with van der Waals surface area (Å²) in [7, 11) is -3.76. The van der Waals surface area contributed by atoms with Gasteiger partial charge in [-0.05, 0) is 37.0 Å². The maximum atomic E-state index is 12.4. The van der Waals surface area contributed by atoms with Gasteiger partial charge in [-0.1, -0.05) is 6.07 Å². The van der Waals surface area contributed by atoms with Crippen LogP contribution in [0.2, 0.25) is 0 Å². The van der Waals surface area contributed by atoms with Crippen LogP contribution in [-0.4, -0.2) is 38.0 Å². The van der Waals surface area contributed by atoms with Crippen molar-refractivity contribution in [2.75, 3.05) is 24.5 Å². The van der Waals surface area contributed by atoms with Gasteiger partial charge in [0.25, 0.3) is 5.69 Å². The summed E-state index contributed by atoms with van der Waals surface area (Å²) >= 11 is 0. The highest BCUT2D eigenvalue weighted by Gasteiger charge is 2.23. The van der Waals surface area contributed by atoms with Gasteiger partial charge in [-0.2, -0.15) is 0 Å². The second kappa shape index (κ2) is 7.79. The molecule has 0 bridgehead atoms. The van der Waals surface area contributed by atoms with Gasteiger partial charge in [0.2, 0.25) is 10.0 Å². The maximum Gasteiger partial charge on any atom is 0.270 e. The maximum absolute atomic E-state index is 12.4. The number of nitrogens with one attached hydrogen (secondary N) is 1. The third-order valence-electron chi connectivity index (χ3n) is 4.54. The molecule has 0 aliphatic carbocycles. The number of piperidine rings is 1. The van der Waals surface area contributed by atoms with Crippen LogP contribution in [0.3, 0.4) is 0 Å². The summed E-state index contributed by atoms with van der Waals surface area (Å²) in [6.45, 7) is 2.04. The van der Waals surface area contributed by atoms with Crippen molar-refractivity contribution in [3.8, 4) is 0 Å². The van der Waals surface area contributed by atoms with Crippen LogP contribution in [0.4, 0.5) is 11.4 Å². The number of pyridine rings is 1. The lowest BCUT2D eigenvalue weighted by atomic mass is 9.97. The fourth-order valence-electron chi connectivity index (χ4n) is 3.03. The third kappa shape index (κ3) is 4.36. The van der Waals surface area contributed by atoms with E-state index < -0.39 is 14.9 Å². The summed E-state index contributed by atoms with van der Waals surface area (Å²) < 4.78 is 27.4. The van der Waals surface area contributed by atoms with Crippen LogP contribution in [-0.2, 0) is 10.0 Å². The van der Waals surface area contributed by atoms with Crippen molar-refractivity contribution in [1.82, 2.24) is 9.71 Å². The van der Waals surface area contributed by atoms with Gasteiger partial charge in [0, 0.05) is 49.8 Å². The highest BCUT2D eigenvalue weighted by atomic mass is 32.2. The SMILES string of the molecule is O=[N+]([O-])c1cccc(S(=O)(=O)NCC2CCN(c3ccncc3)CC2)c1. The predicted octanol–water partition coefficient (Wildman–Crippen LogP) is 2.18. The van der Waals surface area contributed by atoms with Crippen molar-refractivity contribution in [3.63, 3.8) is 0 Å². The van der Waals surface area contributed by atoms with Gasteiger partial charge >= 0.3 is 0 Å². The third-order valence-corrected chi connectivity index (χ3v) is 5.96. The quantitative estimate of drug-likeness (QED) is 0.612. The zero-order valence-electron chi connectivity index (χ0n) is 14.1. The molecule has 138 valence electrons. The first-order valence-corrected chi connectivity index (χ1v) is 9.83. The Morgan fingerprint density at radius 3 is 2.54 bits per heavy atom. The molecule has 3 rings (SSSR count). The van der Waals surface area contributed by atoms with E-state index in [0.717, 1.165) is 37.7 Å². The molecule has 0 radical (unpaired) electrons. The highest BCUT2D eigenvalue weighted by molar-refractivity contribution is 7.89. The average Bonchev–Trinajstić information content (AvgIpc) is 2.68. The van der Waals surface area contributed by atoms with E-state index in [4.69, 9.17) is 0 Å². The van der Waals surface area contributed by atoms with Gasteiger partial charge in [0.05, 0.1) is 9.82 Å². The molecule has 1 aromatic heterocycles. The number of nitro groups is 1. The number of non-ortho nitro benzene ring substituents is 1. The van der Waals surface area contributed by atoms with Gasteiger partial charge < -0.3 is 4.90 Å². The molecule has 8 nitrogen and oxygen atoms in total. The molecule has 2 heterocycles. The molecule has 26 heavy (non-hydrogen) atoms. The van der Waals surface area contributed by atoms with Crippen molar-refractivity contribution in [2.45, 2.75) is 17.7 Å². The lowest BCUT2D eigenvalue weighted by Gasteiger charge is -2.33. The molecule has 1 saturated heterocycles. The van der Waals surface area contributed by atoms with E-state index >= 15 is 0 Å². The van der Waals surface area contributed by atoms with E-state index in [1.165, 1.54) is 18.2 Å². The monoisotopic (exact) mass is 376 g/mol. The normalized spacial score (nSPS) is 15.8. The molecule has 1 aliphatic rings. The molecule has 9 heteroatoms. The molecule has 1 fully saturated rings. The predicted molar refractivity (Wildman–Crippen MR) is 97.5 cm³/mol. The number of nitrogens with zero attached hydrogens (tertiary/aromatic N) is 3. The summed E-state index contributed by atoms with van der Waals surface area (Å²) in [6.07, 6.45) is 5.27.